The molecule has 0 spiro atoms. The summed E-state index contributed by atoms with van der Waals surface area (Å²) < 4.78 is 5.83. The number of hydrogen-bond acceptors (Lipinski definition) is 3. The Hall–Kier alpha value is -3.04. The molecule has 0 aromatic heterocycles. The fraction of sp³-hybridized carbons (Fsp3) is 0.0909. The molecule has 3 aromatic carbocycles. The summed E-state index contributed by atoms with van der Waals surface area (Å²) in [4.78, 5) is 0. The van der Waals surface area contributed by atoms with Gasteiger partial charge in [-0.25, -0.2) is 0 Å². The highest BCUT2D eigenvalue weighted by Gasteiger charge is 2.32. The van der Waals surface area contributed by atoms with Gasteiger partial charge in [0.05, 0.1) is 11.7 Å². The van der Waals surface area contributed by atoms with Crippen LogP contribution in [0.4, 0.5) is 0 Å². The van der Waals surface area contributed by atoms with Gasteiger partial charge in [-0.05, 0) is 28.8 Å². The summed E-state index contributed by atoms with van der Waals surface area (Å²) in [5.41, 5.74) is 9.47. The van der Waals surface area contributed by atoms with Crippen LogP contribution >= 0.6 is 0 Å². The van der Waals surface area contributed by atoms with E-state index in [1.165, 1.54) is 22.3 Å². The molecule has 0 aliphatic carbocycles. The van der Waals surface area contributed by atoms with E-state index in [4.69, 9.17) is 4.74 Å². The third kappa shape index (κ3) is 2.49. The Kier molecular flexibility index (Phi) is 3.32. The van der Waals surface area contributed by atoms with Crippen molar-refractivity contribution in [1.29, 1.82) is 0 Å². The number of nitrogens with one attached hydrogen (secondary N) is 1. The number of para-hydroxylation sites is 1. The van der Waals surface area contributed by atoms with Crippen LogP contribution in [0.1, 0.15) is 17.2 Å². The fourth-order valence-corrected chi connectivity index (χ4v) is 3.51. The molecule has 0 bridgehead atoms. The third-order valence-electron chi connectivity index (χ3n) is 4.82. The van der Waals surface area contributed by atoms with Crippen molar-refractivity contribution in [1.82, 2.24) is 10.4 Å². The highest BCUT2D eigenvalue weighted by molar-refractivity contribution is 5.71. The number of ether oxygens (including phenoxy) is 1. The SMILES string of the molecule is C1=C(c2ccc(-c3ccccc3)cc2)NN2COc3ccccc3[C@@H]12. The predicted molar refractivity (Wildman–Crippen MR) is 99.5 cm³/mol. The Labute approximate surface area is 147 Å². The van der Waals surface area contributed by atoms with E-state index in [0.717, 1.165) is 11.4 Å². The van der Waals surface area contributed by atoms with Gasteiger partial charge >= 0.3 is 0 Å². The van der Waals surface area contributed by atoms with E-state index in [0.29, 0.717) is 6.73 Å². The van der Waals surface area contributed by atoms with Crippen molar-refractivity contribution in [3.63, 3.8) is 0 Å². The van der Waals surface area contributed by atoms with Crippen LogP contribution in [0.3, 0.4) is 0 Å². The van der Waals surface area contributed by atoms with Crippen molar-refractivity contribution in [3.05, 3.63) is 96.1 Å². The van der Waals surface area contributed by atoms with Crippen LogP contribution in [0.15, 0.2) is 84.9 Å². The van der Waals surface area contributed by atoms with Crippen LogP contribution in [-0.4, -0.2) is 11.7 Å². The summed E-state index contributed by atoms with van der Waals surface area (Å²) in [6, 6.07) is 27.6. The van der Waals surface area contributed by atoms with Crippen molar-refractivity contribution in [2.75, 3.05) is 6.73 Å². The van der Waals surface area contributed by atoms with E-state index in [1.807, 2.05) is 18.2 Å². The Balaban J connectivity index is 1.45. The van der Waals surface area contributed by atoms with Gasteiger partial charge in [0, 0.05) is 5.56 Å². The molecule has 0 radical (unpaired) electrons. The molecule has 0 amide bonds. The topological polar surface area (TPSA) is 24.5 Å². The summed E-state index contributed by atoms with van der Waals surface area (Å²) in [6.07, 6.45) is 2.28. The zero-order valence-corrected chi connectivity index (χ0v) is 13.7. The van der Waals surface area contributed by atoms with E-state index < -0.39 is 0 Å². The minimum Gasteiger partial charge on any atom is -0.476 e. The first-order chi connectivity index (χ1) is 12.4. The molecular weight excluding hydrogens is 308 g/mol. The first-order valence-electron chi connectivity index (χ1n) is 8.51. The lowest BCUT2D eigenvalue weighted by molar-refractivity contribution is 0.0595. The van der Waals surface area contributed by atoms with Crippen molar-refractivity contribution in [3.8, 4) is 16.9 Å². The van der Waals surface area contributed by atoms with Crippen LogP contribution in [0.5, 0.6) is 5.75 Å². The molecule has 0 saturated carbocycles. The monoisotopic (exact) mass is 326 g/mol. The maximum absolute atomic E-state index is 5.83. The van der Waals surface area contributed by atoms with Gasteiger partial charge in [-0.15, -0.1) is 0 Å². The Morgan fingerprint density at radius 2 is 1.44 bits per heavy atom. The van der Waals surface area contributed by atoms with Gasteiger partial charge in [-0.1, -0.05) is 72.8 Å². The second-order valence-corrected chi connectivity index (χ2v) is 6.36. The van der Waals surface area contributed by atoms with Gasteiger partial charge in [0.15, 0.2) is 6.73 Å². The molecule has 3 nitrogen and oxygen atoms in total. The molecular formula is C22H18N2O. The van der Waals surface area contributed by atoms with E-state index in [-0.39, 0.29) is 6.04 Å². The highest BCUT2D eigenvalue weighted by atomic mass is 16.5. The van der Waals surface area contributed by atoms with Crippen LogP contribution in [0, 0.1) is 0 Å². The zero-order chi connectivity index (χ0) is 16.6. The molecule has 5 rings (SSSR count). The molecule has 2 aliphatic heterocycles. The molecule has 3 heteroatoms. The Bertz CT molecular complexity index is 932. The summed E-state index contributed by atoms with van der Waals surface area (Å²) >= 11 is 0. The smallest absolute Gasteiger partial charge is 0.159 e. The van der Waals surface area contributed by atoms with Crippen LogP contribution in [-0.2, 0) is 0 Å². The van der Waals surface area contributed by atoms with Crippen molar-refractivity contribution in [2.24, 2.45) is 0 Å². The molecule has 3 aromatic rings. The van der Waals surface area contributed by atoms with E-state index in [9.17, 15) is 0 Å². The fourth-order valence-electron chi connectivity index (χ4n) is 3.51. The summed E-state index contributed by atoms with van der Waals surface area (Å²) in [5.74, 6) is 0.975. The molecule has 25 heavy (non-hydrogen) atoms. The average Bonchev–Trinajstić information content (AvgIpc) is 3.14. The number of benzene rings is 3. The Morgan fingerprint density at radius 3 is 2.28 bits per heavy atom. The maximum atomic E-state index is 5.83. The molecule has 0 fully saturated rings. The number of rotatable bonds is 2. The number of hydrazine groups is 1. The standard InChI is InChI=1S/C22H18N2O/c1-2-6-16(7-3-1)17-10-12-18(13-11-17)20-14-21-19-8-4-5-9-22(19)25-15-24(21)23-20/h1-14,21,23H,15H2/t21-/m1/s1. The lowest BCUT2D eigenvalue weighted by atomic mass is 10.0. The number of hydrogen-bond donors (Lipinski definition) is 1. The van der Waals surface area contributed by atoms with Crippen LogP contribution < -0.4 is 10.2 Å². The van der Waals surface area contributed by atoms with Gasteiger partial charge in [-0.2, -0.15) is 5.01 Å². The lowest BCUT2D eigenvalue weighted by Gasteiger charge is -2.31. The molecule has 0 unspecified atom stereocenters. The van der Waals surface area contributed by atoms with Gasteiger partial charge in [-0.3, -0.25) is 0 Å². The zero-order valence-electron chi connectivity index (χ0n) is 13.7. The summed E-state index contributed by atoms with van der Waals surface area (Å²) in [5, 5.41) is 2.13. The van der Waals surface area contributed by atoms with Gasteiger partial charge < -0.3 is 10.2 Å². The second kappa shape index (κ2) is 5.80. The van der Waals surface area contributed by atoms with Crippen molar-refractivity contribution >= 4 is 5.70 Å². The highest BCUT2D eigenvalue weighted by Crippen LogP contribution is 2.39. The summed E-state index contributed by atoms with van der Waals surface area (Å²) in [7, 11) is 0. The molecule has 2 aliphatic rings. The van der Waals surface area contributed by atoms with Gasteiger partial charge in [0.1, 0.15) is 5.75 Å². The predicted octanol–water partition coefficient (Wildman–Crippen LogP) is 4.61. The maximum Gasteiger partial charge on any atom is 0.159 e. The lowest BCUT2D eigenvalue weighted by Crippen LogP contribution is -2.40. The van der Waals surface area contributed by atoms with E-state index in [2.05, 4.69) is 77.2 Å². The van der Waals surface area contributed by atoms with Gasteiger partial charge in [0.25, 0.3) is 0 Å². The van der Waals surface area contributed by atoms with E-state index >= 15 is 0 Å². The quantitative estimate of drug-likeness (QED) is 0.744. The molecule has 1 atom stereocenters. The van der Waals surface area contributed by atoms with Crippen LogP contribution in [0.2, 0.25) is 0 Å². The minimum absolute atomic E-state index is 0.216. The van der Waals surface area contributed by atoms with Crippen LogP contribution in [0.25, 0.3) is 16.8 Å². The second-order valence-electron chi connectivity index (χ2n) is 6.36. The first kappa shape index (κ1) is 14.3. The largest absolute Gasteiger partial charge is 0.476 e. The van der Waals surface area contributed by atoms with Crippen molar-refractivity contribution < 1.29 is 4.74 Å². The summed E-state index contributed by atoms with van der Waals surface area (Å²) in [6.45, 7) is 0.545. The molecule has 2 heterocycles. The average molecular weight is 326 g/mol. The molecule has 1 N–H and O–H groups in total. The number of fused-ring (bicyclic) bond motifs is 3. The Morgan fingerprint density at radius 1 is 0.760 bits per heavy atom. The third-order valence-corrected chi connectivity index (χ3v) is 4.82. The molecule has 122 valence electrons. The molecule has 0 saturated heterocycles. The normalized spacial score (nSPS) is 18.6. The minimum atomic E-state index is 0.216. The van der Waals surface area contributed by atoms with Gasteiger partial charge in [0.2, 0.25) is 0 Å². The number of nitrogens with zero attached hydrogens (tertiary/aromatic N) is 1. The van der Waals surface area contributed by atoms with Crippen molar-refractivity contribution in [2.45, 2.75) is 6.04 Å². The van der Waals surface area contributed by atoms with E-state index in [1.54, 1.807) is 0 Å². The first-order valence-corrected chi connectivity index (χ1v) is 8.51.